The monoisotopic (exact) mass is 271 g/mol. The van der Waals surface area contributed by atoms with Crippen molar-refractivity contribution in [3.63, 3.8) is 0 Å². The Hall–Kier alpha value is -0.540. The Kier molecular flexibility index (Phi) is 5.73. The first-order valence-electron chi connectivity index (χ1n) is 5.36. The molecule has 1 aromatic heterocycles. The highest BCUT2D eigenvalue weighted by Crippen LogP contribution is 2.27. The molecular formula is C12H18BrNO. The van der Waals surface area contributed by atoms with Gasteiger partial charge in [0.1, 0.15) is 0 Å². The molecule has 1 rings (SSSR count). The standard InChI is InChI=1S/C12H18BrNO/c1-3-5-6-7-11(14-4-2)10-8-9-15-12(10)13/h3,8-9,11,14H,1,4-7H2,2H3. The van der Waals surface area contributed by atoms with Gasteiger partial charge in [0.25, 0.3) is 0 Å². The number of unbranched alkanes of at least 4 members (excludes halogenated alkanes) is 1. The van der Waals surface area contributed by atoms with E-state index < -0.39 is 0 Å². The van der Waals surface area contributed by atoms with Gasteiger partial charge in [-0.1, -0.05) is 13.0 Å². The molecule has 0 aliphatic rings. The van der Waals surface area contributed by atoms with Gasteiger partial charge in [0.05, 0.1) is 6.26 Å². The molecule has 1 atom stereocenters. The molecule has 0 aliphatic carbocycles. The van der Waals surface area contributed by atoms with Gasteiger partial charge in [0.2, 0.25) is 0 Å². The topological polar surface area (TPSA) is 25.2 Å². The highest BCUT2D eigenvalue weighted by molar-refractivity contribution is 9.10. The predicted octanol–water partition coefficient (Wildman–Crippen LogP) is 4.05. The van der Waals surface area contributed by atoms with Crippen LogP contribution >= 0.6 is 15.9 Å². The van der Waals surface area contributed by atoms with Gasteiger partial charge in [-0.05, 0) is 47.8 Å². The summed E-state index contributed by atoms with van der Waals surface area (Å²) >= 11 is 3.42. The number of nitrogens with one attached hydrogen (secondary N) is 1. The van der Waals surface area contributed by atoms with E-state index in [0.29, 0.717) is 6.04 Å². The van der Waals surface area contributed by atoms with E-state index in [0.717, 1.165) is 30.5 Å². The van der Waals surface area contributed by atoms with E-state index in [1.54, 1.807) is 6.26 Å². The van der Waals surface area contributed by atoms with Crippen molar-refractivity contribution < 1.29 is 4.42 Å². The first-order valence-corrected chi connectivity index (χ1v) is 6.16. The Bertz CT molecular complexity index is 296. The van der Waals surface area contributed by atoms with Crippen LogP contribution in [-0.4, -0.2) is 6.54 Å². The summed E-state index contributed by atoms with van der Waals surface area (Å²) in [6.45, 7) is 6.82. The fourth-order valence-electron chi connectivity index (χ4n) is 1.63. The summed E-state index contributed by atoms with van der Waals surface area (Å²) in [6, 6.07) is 2.40. The summed E-state index contributed by atoms with van der Waals surface area (Å²) in [5.41, 5.74) is 1.21. The van der Waals surface area contributed by atoms with Crippen molar-refractivity contribution in [2.24, 2.45) is 0 Å². The van der Waals surface area contributed by atoms with Crippen LogP contribution in [0.4, 0.5) is 0 Å². The van der Waals surface area contributed by atoms with Gasteiger partial charge in [-0.3, -0.25) is 0 Å². The van der Waals surface area contributed by atoms with Crippen molar-refractivity contribution in [3.8, 4) is 0 Å². The second kappa shape index (κ2) is 6.85. The van der Waals surface area contributed by atoms with E-state index >= 15 is 0 Å². The molecule has 0 aliphatic heterocycles. The Morgan fingerprint density at radius 3 is 3.00 bits per heavy atom. The number of rotatable bonds is 7. The number of hydrogen-bond donors (Lipinski definition) is 1. The summed E-state index contributed by atoms with van der Waals surface area (Å²) in [4.78, 5) is 0. The fourth-order valence-corrected chi connectivity index (χ4v) is 2.15. The summed E-state index contributed by atoms with van der Waals surface area (Å²) in [7, 11) is 0. The van der Waals surface area contributed by atoms with E-state index in [2.05, 4.69) is 34.7 Å². The van der Waals surface area contributed by atoms with Crippen molar-refractivity contribution in [1.82, 2.24) is 5.32 Å². The van der Waals surface area contributed by atoms with Gasteiger partial charge < -0.3 is 9.73 Å². The van der Waals surface area contributed by atoms with E-state index in [1.807, 2.05) is 12.1 Å². The van der Waals surface area contributed by atoms with Crippen molar-refractivity contribution in [2.75, 3.05) is 6.54 Å². The van der Waals surface area contributed by atoms with Gasteiger partial charge in [0, 0.05) is 11.6 Å². The molecule has 1 unspecified atom stereocenters. The zero-order valence-corrected chi connectivity index (χ0v) is 10.7. The smallest absolute Gasteiger partial charge is 0.173 e. The zero-order valence-electron chi connectivity index (χ0n) is 9.13. The van der Waals surface area contributed by atoms with E-state index in [4.69, 9.17) is 4.42 Å². The number of furan rings is 1. The molecule has 1 aromatic rings. The van der Waals surface area contributed by atoms with Crippen molar-refractivity contribution >= 4 is 15.9 Å². The largest absolute Gasteiger partial charge is 0.457 e. The van der Waals surface area contributed by atoms with Gasteiger partial charge in [-0.15, -0.1) is 6.58 Å². The molecule has 0 amide bonds. The lowest BCUT2D eigenvalue weighted by molar-refractivity contribution is 0.479. The van der Waals surface area contributed by atoms with Gasteiger partial charge in [0.15, 0.2) is 4.67 Å². The van der Waals surface area contributed by atoms with Crippen LogP contribution in [-0.2, 0) is 0 Å². The number of halogens is 1. The first-order chi connectivity index (χ1) is 7.29. The third kappa shape index (κ3) is 3.84. The van der Waals surface area contributed by atoms with Gasteiger partial charge >= 0.3 is 0 Å². The molecular weight excluding hydrogens is 254 g/mol. The number of allylic oxidation sites excluding steroid dienone is 1. The number of hydrogen-bond acceptors (Lipinski definition) is 2. The molecule has 1 heterocycles. The molecule has 2 nitrogen and oxygen atoms in total. The van der Waals surface area contributed by atoms with Crippen LogP contribution in [0.25, 0.3) is 0 Å². The maximum Gasteiger partial charge on any atom is 0.173 e. The van der Waals surface area contributed by atoms with Crippen LogP contribution in [0, 0.1) is 0 Å². The first kappa shape index (κ1) is 12.5. The van der Waals surface area contributed by atoms with Crippen molar-refractivity contribution in [3.05, 3.63) is 35.2 Å². The molecule has 0 fully saturated rings. The highest BCUT2D eigenvalue weighted by atomic mass is 79.9. The van der Waals surface area contributed by atoms with E-state index in [9.17, 15) is 0 Å². The molecule has 84 valence electrons. The Labute approximate surface area is 99.9 Å². The van der Waals surface area contributed by atoms with Crippen LogP contribution in [0.2, 0.25) is 0 Å². The molecule has 0 aromatic carbocycles. The van der Waals surface area contributed by atoms with Crippen LogP contribution in [0.5, 0.6) is 0 Å². The summed E-state index contributed by atoms with van der Waals surface area (Å²) < 4.78 is 6.09. The summed E-state index contributed by atoms with van der Waals surface area (Å²) in [5.74, 6) is 0. The Balaban J connectivity index is 2.57. The molecule has 0 saturated carbocycles. The summed E-state index contributed by atoms with van der Waals surface area (Å²) in [6.07, 6.45) is 7.01. The normalized spacial score (nSPS) is 12.7. The molecule has 0 bridgehead atoms. The van der Waals surface area contributed by atoms with Crippen molar-refractivity contribution in [2.45, 2.75) is 32.2 Å². The Morgan fingerprint density at radius 1 is 1.67 bits per heavy atom. The third-order valence-electron chi connectivity index (χ3n) is 2.37. The minimum atomic E-state index is 0.378. The summed E-state index contributed by atoms with van der Waals surface area (Å²) in [5, 5.41) is 3.46. The second-order valence-electron chi connectivity index (χ2n) is 3.48. The molecule has 1 N–H and O–H groups in total. The van der Waals surface area contributed by atoms with Crippen LogP contribution in [0.3, 0.4) is 0 Å². The van der Waals surface area contributed by atoms with Gasteiger partial charge in [-0.2, -0.15) is 0 Å². The molecule has 3 heteroatoms. The van der Waals surface area contributed by atoms with Crippen molar-refractivity contribution in [1.29, 1.82) is 0 Å². The second-order valence-corrected chi connectivity index (χ2v) is 4.20. The molecule has 0 spiro atoms. The van der Waals surface area contributed by atoms with Crippen LogP contribution < -0.4 is 5.32 Å². The maximum absolute atomic E-state index is 5.25. The van der Waals surface area contributed by atoms with E-state index in [1.165, 1.54) is 5.56 Å². The maximum atomic E-state index is 5.25. The van der Waals surface area contributed by atoms with Crippen LogP contribution in [0.1, 0.15) is 37.8 Å². The zero-order chi connectivity index (χ0) is 11.1. The average Bonchev–Trinajstić information content (AvgIpc) is 2.64. The molecule has 15 heavy (non-hydrogen) atoms. The Morgan fingerprint density at radius 2 is 2.47 bits per heavy atom. The lowest BCUT2D eigenvalue weighted by atomic mass is 10.0. The molecule has 0 radical (unpaired) electrons. The minimum absolute atomic E-state index is 0.378. The lowest BCUT2D eigenvalue weighted by Crippen LogP contribution is -2.20. The average molecular weight is 272 g/mol. The van der Waals surface area contributed by atoms with Crippen LogP contribution in [0.15, 0.2) is 34.1 Å². The fraction of sp³-hybridized carbons (Fsp3) is 0.500. The third-order valence-corrected chi connectivity index (χ3v) is 3.02. The highest BCUT2D eigenvalue weighted by Gasteiger charge is 2.14. The predicted molar refractivity (Wildman–Crippen MR) is 66.9 cm³/mol. The molecule has 0 saturated heterocycles. The van der Waals surface area contributed by atoms with Gasteiger partial charge in [-0.25, -0.2) is 0 Å². The minimum Gasteiger partial charge on any atom is -0.457 e. The lowest BCUT2D eigenvalue weighted by Gasteiger charge is -2.16. The van der Waals surface area contributed by atoms with E-state index in [-0.39, 0.29) is 0 Å². The quantitative estimate of drug-likeness (QED) is 0.598. The SMILES string of the molecule is C=CCCCC(NCC)c1ccoc1Br.